The highest BCUT2D eigenvalue weighted by molar-refractivity contribution is 5.80. The SMILES string of the molecule is C=CCN(CC(=O)O)C(=O)N(CC=C)CC1CC1. The molecule has 0 spiro atoms. The Morgan fingerprint density at radius 1 is 1.17 bits per heavy atom. The largest absolute Gasteiger partial charge is 0.480 e. The Morgan fingerprint density at radius 2 is 1.72 bits per heavy atom. The van der Waals surface area contributed by atoms with Crippen molar-refractivity contribution in [2.24, 2.45) is 5.92 Å². The first-order chi connectivity index (χ1) is 8.58. The molecule has 0 unspecified atom stereocenters. The normalized spacial score (nSPS) is 13.8. The van der Waals surface area contributed by atoms with E-state index < -0.39 is 5.97 Å². The van der Waals surface area contributed by atoms with E-state index in [9.17, 15) is 9.59 Å². The predicted molar refractivity (Wildman–Crippen MR) is 69.3 cm³/mol. The van der Waals surface area contributed by atoms with Crippen LogP contribution in [0.5, 0.6) is 0 Å². The average Bonchev–Trinajstić information content (AvgIpc) is 3.10. The Hall–Kier alpha value is -1.78. The van der Waals surface area contributed by atoms with Gasteiger partial charge in [0.15, 0.2) is 0 Å². The van der Waals surface area contributed by atoms with E-state index in [1.807, 2.05) is 0 Å². The maximum atomic E-state index is 12.2. The highest BCUT2D eigenvalue weighted by Crippen LogP contribution is 2.29. The average molecular weight is 252 g/mol. The summed E-state index contributed by atoms with van der Waals surface area (Å²) >= 11 is 0. The van der Waals surface area contributed by atoms with E-state index in [0.717, 1.165) is 12.8 Å². The standard InChI is InChI=1S/C13H20N2O3/c1-3-7-14(9-11-5-6-11)13(18)15(8-4-2)10-12(16)17/h3-4,11H,1-2,5-10H2,(H,16,17). The van der Waals surface area contributed by atoms with E-state index in [1.165, 1.54) is 11.0 Å². The Labute approximate surface area is 107 Å². The number of aliphatic carboxylic acids is 1. The Bertz CT molecular complexity index is 337. The van der Waals surface area contributed by atoms with Crippen LogP contribution >= 0.6 is 0 Å². The maximum Gasteiger partial charge on any atom is 0.323 e. The van der Waals surface area contributed by atoms with Crippen molar-refractivity contribution in [3.63, 3.8) is 0 Å². The predicted octanol–water partition coefficient (Wildman–Crippen LogP) is 1.58. The minimum absolute atomic E-state index is 0.240. The molecule has 0 atom stereocenters. The van der Waals surface area contributed by atoms with Crippen LogP contribution in [0.2, 0.25) is 0 Å². The summed E-state index contributed by atoms with van der Waals surface area (Å²) in [5.74, 6) is -0.459. The molecule has 0 saturated heterocycles. The number of carbonyl (C=O) groups excluding carboxylic acids is 1. The summed E-state index contributed by atoms with van der Waals surface area (Å²) in [5.41, 5.74) is 0. The molecule has 5 nitrogen and oxygen atoms in total. The molecule has 0 aromatic rings. The molecule has 1 N–H and O–H groups in total. The zero-order valence-electron chi connectivity index (χ0n) is 10.5. The summed E-state index contributed by atoms with van der Waals surface area (Å²) in [6, 6.07) is -0.260. The molecule has 1 aliphatic carbocycles. The van der Waals surface area contributed by atoms with Gasteiger partial charge in [-0.05, 0) is 18.8 Å². The van der Waals surface area contributed by atoms with Gasteiger partial charge < -0.3 is 14.9 Å². The lowest BCUT2D eigenvalue weighted by molar-refractivity contribution is -0.137. The van der Waals surface area contributed by atoms with Crippen LogP contribution in [0.3, 0.4) is 0 Å². The Morgan fingerprint density at radius 3 is 2.17 bits per heavy atom. The van der Waals surface area contributed by atoms with Crippen molar-refractivity contribution in [1.29, 1.82) is 0 Å². The minimum atomic E-state index is -1.02. The quantitative estimate of drug-likeness (QED) is 0.667. The van der Waals surface area contributed by atoms with Crippen LogP contribution < -0.4 is 0 Å². The van der Waals surface area contributed by atoms with E-state index in [0.29, 0.717) is 19.0 Å². The van der Waals surface area contributed by atoms with E-state index >= 15 is 0 Å². The highest BCUT2D eigenvalue weighted by atomic mass is 16.4. The van der Waals surface area contributed by atoms with Crippen molar-refractivity contribution in [3.05, 3.63) is 25.3 Å². The van der Waals surface area contributed by atoms with Crippen molar-refractivity contribution in [2.45, 2.75) is 12.8 Å². The van der Waals surface area contributed by atoms with Crippen LogP contribution in [-0.4, -0.2) is 53.1 Å². The molecule has 18 heavy (non-hydrogen) atoms. The van der Waals surface area contributed by atoms with Gasteiger partial charge in [-0.3, -0.25) is 4.79 Å². The molecule has 2 amide bonds. The third-order valence-corrected chi connectivity index (χ3v) is 2.74. The van der Waals surface area contributed by atoms with Gasteiger partial charge in [-0.25, -0.2) is 4.79 Å². The molecule has 1 fully saturated rings. The number of carbonyl (C=O) groups is 2. The molecule has 1 saturated carbocycles. The van der Waals surface area contributed by atoms with Gasteiger partial charge in [0.1, 0.15) is 6.54 Å². The molecule has 5 heteroatoms. The van der Waals surface area contributed by atoms with Crippen LogP contribution in [0.4, 0.5) is 4.79 Å². The third-order valence-electron chi connectivity index (χ3n) is 2.74. The number of carboxylic acids is 1. The topological polar surface area (TPSA) is 60.9 Å². The molecule has 0 bridgehead atoms. The number of amides is 2. The number of urea groups is 1. The van der Waals surface area contributed by atoms with Crippen LogP contribution in [0.1, 0.15) is 12.8 Å². The lowest BCUT2D eigenvalue weighted by Crippen LogP contribution is -2.46. The summed E-state index contributed by atoms with van der Waals surface area (Å²) in [7, 11) is 0. The summed E-state index contributed by atoms with van der Waals surface area (Å²) < 4.78 is 0. The Kier molecular flexibility index (Phi) is 5.42. The van der Waals surface area contributed by atoms with E-state index in [1.54, 1.807) is 11.0 Å². The second kappa shape index (κ2) is 6.83. The zero-order chi connectivity index (χ0) is 13.5. The fraction of sp³-hybridized carbons (Fsp3) is 0.538. The highest BCUT2D eigenvalue weighted by Gasteiger charge is 2.28. The molecule has 100 valence electrons. The van der Waals surface area contributed by atoms with Crippen LogP contribution in [0.25, 0.3) is 0 Å². The van der Waals surface area contributed by atoms with Gasteiger partial charge in [-0.1, -0.05) is 12.2 Å². The monoisotopic (exact) mass is 252 g/mol. The van der Waals surface area contributed by atoms with E-state index in [-0.39, 0.29) is 19.1 Å². The summed E-state index contributed by atoms with van der Waals surface area (Å²) in [5, 5.41) is 8.80. The number of nitrogens with zero attached hydrogens (tertiary/aromatic N) is 2. The molecule has 1 aliphatic rings. The molecule has 0 aromatic carbocycles. The van der Waals surface area contributed by atoms with Gasteiger partial charge in [0.05, 0.1) is 0 Å². The number of rotatable bonds is 8. The number of carboxylic acid groups (broad SMARTS) is 1. The lowest BCUT2D eigenvalue weighted by atomic mass is 10.3. The van der Waals surface area contributed by atoms with Gasteiger partial charge in [0, 0.05) is 19.6 Å². The number of hydrogen-bond donors (Lipinski definition) is 1. The van der Waals surface area contributed by atoms with Gasteiger partial charge >= 0.3 is 12.0 Å². The molecular weight excluding hydrogens is 232 g/mol. The van der Waals surface area contributed by atoms with Crippen LogP contribution in [-0.2, 0) is 4.79 Å². The fourth-order valence-electron chi connectivity index (χ4n) is 1.73. The summed E-state index contributed by atoms with van der Waals surface area (Å²) in [6.07, 6.45) is 5.47. The maximum absolute atomic E-state index is 12.2. The zero-order valence-corrected chi connectivity index (χ0v) is 10.5. The van der Waals surface area contributed by atoms with Crippen molar-refractivity contribution < 1.29 is 14.7 Å². The van der Waals surface area contributed by atoms with Crippen LogP contribution in [0, 0.1) is 5.92 Å². The molecule has 0 aliphatic heterocycles. The molecule has 0 heterocycles. The first-order valence-electron chi connectivity index (χ1n) is 6.06. The molecule has 0 radical (unpaired) electrons. The van der Waals surface area contributed by atoms with Gasteiger partial charge in [0.2, 0.25) is 0 Å². The fourth-order valence-corrected chi connectivity index (χ4v) is 1.73. The van der Waals surface area contributed by atoms with E-state index in [4.69, 9.17) is 5.11 Å². The smallest absolute Gasteiger partial charge is 0.323 e. The minimum Gasteiger partial charge on any atom is -0.480 e. The molecule has 0 aromatic heterocycles. The molecular formula is C13H20N2O3. The van der Waals surface area contributed by atoms with Gasteiger partial charge in [0.25, 0.3) is 0 Å². The van der Waals surface area contributed by atoms with Crippen molar-refractivity contribution in [2.75, 3.05) is 26.2 Å². The van der Waals surface area contributed by atoms with Gasteiger partial charge in [-0.15, -0.1) is 13.2 Å². The number of hydrogen-bond acceptors (Lipinski definition) is 2. The van der Waals surface area contributed by atoms with E-state index in [2.05, 4.69) is 13.2 Å². The lowest BCUT2D eigenvalue weighted by Gasteiger charge is -2.28. The second-order valence-electron chi connectivity index (χ2n) is 4.48. The second-order valence-corrected chi connectivity index (χ2v) is 4.48. The summed E-state index contributed by atoms with van der Waals surface area (Å²) in [6.45, 7) is 8.23. The van der Waals surface area contributed by atoms with Crippen molar-refractivity contribution in [1.82, 2.24) is 9.80 Å². The van der Waals surface area contributed by atoms with Gasteiger partial charge in [-0.2, -0.15) is 0 Å². The van der Waals surface area contributed by atoms with Crippen molar-refractivity contribution >= 4 is 12.0 Å². The first-order valence-corrected chi connectivity index (χ1v) is 6.06. The van der Waals surface area contributed by atoms with Crippen molar-refractivity contribution in [3.8, 4) is 0 Å². The van der Waals surface area contributed by atoms with Crippen LogP contribution in [0.15, 0.2) is 25.3 Å². The summed E-state index contributed by atoms with van der Waals surface area (Å²) in [4.78, 5) is 25.9. The Balaban J connectivity index is 2.65. The first kappa shape index (κ1) is 14.3. The third kappa shape index (κ3) is 4.61. The molecule has 1 rings (SSSR count).